The van der Waals surface area contributed by atoms with Crippen molar-refractivity contribution in [2.75, 3.05) is 26.2 Å². The van der Waals surface area contributed by atoms with Crippen LogP contribution in [-0.2, 0) is 27.0 Å². The second-order valence-corrected chi connectivity index (χ2v) is 11.0. The van der Waals surface area contributed by atoms with E-state index in [9.17, 15) is 32.6 Å². The number of nitrogens with one attached hydrogen (secondary N) is 1. The van der Waals surface area contributed by atoms with Gasteiger partial charge in [-0.2, -0.15) is 13.2 Å². The summed E-state index contributed by atoms with van der Waals surface area (Å²) in [5, 5.41) is 12.6. The van der Waals surface area contributed by atoms with Crippen LogP contribution >= 0.6 is 0 Å². The van der Waals surface area contributed by atoms with Gasteiger partial charge in [0.15, 0.2) is 5.78 Å². The van der Waals surface area contributed by atoms with E-state index in [1.165, 1.54) is 17.8 Å². The van der Waals surface area contributed by atoms with Crippen molar-refractivity contribution in [1.29, 1.82) is 0 Å². The van der Waals surface area contributed by atoms with Gasteiger partial charge >= 0.3 is 13.1 Å². The normalized spacial score (nSPS) is 15.7. The lowest BCUT2D eigenvalue weighted by molar-refractivity contribution is -0.137. The first kappa shape index (κ1) is 34.7. The Balaban J connectivity index is 2.14. The Hall–Kier alpha value is -2.48. The highest BCUT2D eigenvalue weighted by atomic mass is 19.4. The molecular weight excluding hydrogens is 538 g/mol. The topological polar surface area (TPSA) is 165 Å². The fourth-order valence-corrected chi connectivity index (χ4v) is 5.26. The first-order chi connectivity index (χ1) is 19.3. The molecule has 0 aliphatic heterocycles. The van der Waals surface area contributed by atoms with Gasteiger partial charge < -0.3 is 32.4 Å². The van der Waals surface area contributed by atoms with Crippen molar-refractivity contribution in [2.45, 2.75) is 89.3 Å². The van der Waals surface area contributed by atoms with E-state index in [0.29, 0.717) is 31.8 Å². The molecule has 0 bridgehead atoms. The molecule has 1 fully saturated rings. The molecule has 0 radical (unpaired) electrons. The standard InChI is InChI=1S/C28H45BF3N5O4/c1-29(41)22-16-20(15-21(18-22)28(30,31)32)17-25(38)24(9-7-19-5-3-2-4-6-19)36-27(40)23(35)8-10-26(39)37(13-11-33)14-12-34/h15-16,18-19,23-24,41H,2-14,17,33-35H2,1H3,(H,36,40)/t23-,24+/m0/s1. The van der Waals surface area contributed by atoms with Crippen molar-refractivity contribution >= 4 is 30.0 Å². The quantitative estimate of drug-likeness (QED) is 0.183. The van der Waals surface area contributed by atoms with Crippen LogP contribution in [0.2, 0.25) is 6.82 Å². The summed E-state index contributed by atoms with van der Waals surface area (Å²) in [7, 11) is 0. The van der Waals surface area contributed by atoms with Gasteiger partial charge in [-0.1, -0.05) is 51.1 Å². The van der Waals surface area contributed by atoms with E-state index >= 15 is 0 Å². The molecule has 1 saturated carbocycles. The summed E-state index contributed by atoms with van der Waals surface area (Å²) < 4.78 is 40.4. The Morgan fingerprint density at radius 2 is 1.71 bits per heavy atom. The molecule has 1 aliphatic rings. The molecule has 2 amide bonds. The van der Waals surface area contributed by atoms with Gasteiger partial charge in [-0.25, -0.2) is 0 Å². The average molecular weight is 584 g/mol. The summed E-state index contributed by atoms with van der Waals surface area (Å²) in [5.74, 6) is -0.857. The fraction of sp³-hybridized carbons (Fsp3) is 0.679. The Bertz CT molecular complexity index is 999. The van der Waals surface area contributed by atoms with Crippen LogP contribution in [0, 0.1) is 5.92 Å². The van der Waals surface area contributed by atoms with Crippen molar-refractivity contribution in [2.24, 2.45) is 23.1 Å². The molecule has 0 unspecified atom stereocenters. The smallest absolute Gasteiger partial charge is 0.416 e. The summed E-state index contributed by atoms with van der Waals surface area (Å²) in [4.78, 5) is 40.4. The van der Waals surface area contributed by atoms with E-state index in [0.717, 1.165) is 44.2 Å². The molecule has 0 heterocycles. The zero-order valence-electron chi connectivity index (χ0n) is 23.9. The third kappa shape index (κ3) is 11.7. The van der Waals surface area contributed by atoms with Gasteiger partial charge in [-0.3, -0.25) is 14.4 Å². The number of rotatable bonds is 16. The maximum absolute atomic E-state index is 13.5. The number of alkyl halides is 3. The predicted molar refractivity (Wildman–Crippen MR) is 153 cm³/mol. The van der Waals surface area contributed by atoms with Crippen LogP contribution in [0.5, 0.6) is 0 Å². The Morgan fingerprint density at radius 1 is 1.07 bits per heavy atom. The number of hydrogen-bond donors (Lipinski definition) is 5. The number of hydrogen-bond acceptors (Lipinski definition) is 7. The maximum Gasteiger partial charge on any atom is 0.416 e. The van der Waals surface area contributed by atoms with Crippen LogP contribution < -0.4 is 28.0 Å². The molecule has 13 heteroatoms. The monoisotopic (exact) mass is 583 g/mol. The molecule has 2 rings (SSSR count). The third-order valence-electron chi connectivity index (χ3n) is 7.65. The van der Waals surface area contributed by atoms with Crippen LogP contribution in [0.1, 0.15) is 68.9 Å². The number of benzene rings is 1. The number of halogens is 3. The van der Waals surface area contributed by atoms with Gasteiger partial charge in [0.2, 0.25) is 11.8 Å². The fourth-order valence-electron chi connectivity index (χ4n) is 5.26. The number of carbonyl (C=O) groups is 3. The number of carbonyl (C=O) groups excluding carboxylic acids is 3. The maximum atomic E-state index is 13.5. The number of nitrogens with two attached hydrogens (primary N) is 3. The molecule has 0 saturated heterocycles. The molecule has 0 spiro atoms. The molecule has 230 valence electrons. The second kappa shape index (κ2) is 16.8. The molecule has 2 atom stereocenters. The highest BCUT2D eigenvalue weighted by Gasteiger charge is 2.33. The molecule has 9 nitrogen and oxygen atoms in total. The molecular formula is C28H45BF3N5O4. The lowest BCUT2D eigenvalue weighted by Gasteiger charge is -2.26. The van der Waals surface area contributed by atoms with E-state index in [1.54, 1.807) is 0 Å². The van der Waals surface area contributed by atoms with Crippen LogP contribution in [0.15, 0.2) is 18.2 Å². The van der Waals surface area contributed by atoms with E-state index in [1.807, 2.05) is 0 Å². The first-order valence-corrected chi connectivity index (χ1v) is 14.5. The van der Waals surface area contributed by atoms with Gasteiger partial charge in [-0.05, 0) is 42.3 Å². The van der Waals surface area contributed by atoms with Crippen molar-refractivity contribution in [1.82, 2.24) is 10.2 Å². The van der Waals surface area contributed by atoms with Gasteiger partial charge in [0.25, 0.3) is 0 Å². The molecule has 1 aliphatic carbocycles. The summed E-state index contributed by atoms with van der Waals surface area (Å²) in [6.45, 7) is 1.41. The highest BCUT2D eigenvalue weighted by molar-refractivity contribution is 6.64. The van der Waals surface area contributed by atoms with Gasteiger partial charge in [0.05, 0.1) is 17.6 Å². The Labute approximate surface area is 240 Å². The van der Waals surface area contributed by atoms with Crippen LogP contribution in [-0.4, -0.2) is 72.7 Å². The summed E-state index contributed by atoms with van der Waals surface area (Å²) in [5.41, 5.74) is 16.4. The zero-order chi connectivity index (χ0) is 30.6. The summed E-state index contributed by atoms with van der Waals surface area (Å²) >= 11 is 0. The van der Waals surface area contributed by atoms with Gasteiger partial charge in [0.1, 0.15) is 0 Å². The van der Waals surface area contributed by atoms with Crippen molar-refractivity contribution in [3.63, 3.8) is 0 Å². The van der Waals surface area contributed by atoms with Crippen LogP contribution in [0.4, 0.5) is 13.2 Å². The summed E-state index contributed by atoms with van der Waals surface area (Å²) in [6.07, 6.45) is 1.52. The van der Waals surface area contributed by atoms with E-state index in [-0.39, 0.29) is 49.3 Å². The Morgan fingerprint density at radius 3 is 2.27 bits per heavy atom. The minimum absolute atomic E-state index is 0.00162. The van der Waals surface area contributed by atoms with Crippen molar-refractivity contribution in [3.8, 4) is 0 Å². The van der Waals surface area contributed by atoms with Gasteiger partial charge in [-0.15, -0.1) is 0 Å². The van der Waals surface area contributed by atoms with E-state index < -0.39 is 42.4 Å². The average Bonchev–Trinajstić information content (AvgIpc) is 2.93. The number of Topliss-reactive ketones (excluding diaryl/α,β-unsaturated/α-hetero) is 1. The van der Waals surface area contributed by atoms with Crippen LogP contribution in [0.25, 0.3) is 0 Å². The molecule has 8 N–H and O–H groups in total. The Kier molecular flexibility index (Phi) is 14.3. The second-order valence-electron chi connectivity index (χ2n) is 11.0. The first-order valence-electron chi connectivity index (χ1n) is 14.5. The zero-order valence-corrected chi connectivity index (χ0v) is 23.9. The van der Waals surface area contributed by atoms with Gasteiger partial charge in [0, 0.05) is 39.0 Å². The van der Waals surface area contributed by atoms with Crippen molar-refractivity contribution in [3.05, 3.63) is 29.3 Å². The number of ketones is 1. The van der Waals surface area contributed by atoms with Crippen LogP contribution in [0.3, 0.4) is 0 Å². The van der Waals surface area contributed by atoms with E-state index in [2.05, 4.69) is 5.32 Å². The highest BCUT2D eigenvalue weighted by Crippen LogP contribution is 2.30. The molecule has 41 heavy (non-hydrogen) atoms. The molecule has 1 aromatic rings. The largest absolute Gasteiger partial charge is 0.447 e. The number of amides is 2. The van der Waals surface area contributed by atoms with Crippen molar-refractivity contribution < 1.29 is 32.6 Å². The lowest BCUT2D eigenvalue weighted by atomic mass is 9.63. The molecule has 0 aromatic heterocycles. The minimum atomic E-state index is -4.65. The summed E-state index contributed by atoms with van der Waals surface area (Å²) in [6, 6.07) is 1.14. The molecule has 1 aromatic carbocycles. The van der Waals surface area contributed by atoms with E-state index in [4.69, 9.17) is 17.2 Å². The minimum Gasteiger partial charge on any atom is -0.447 e. The predicted octanol–water partition coefficient (Wildman–Crippen LogP) is 1.34. The number of nitrogens with zero attached hydrogens (tertiary/aromatic N) is 1. The lowest BCUT2D eigenvalue weighted by Crippen LogP contribution is -2.49. The third-order valence-corrected chi connectivity index (χ3v) is 7.65. The SMILES string of the molecule is CB(O)c1cc(CC(=O)[C@@H](CCC2CCCCC2)NC(=O)[C@@H](N)CCC(=O)N(CCN)CCN)cc(C(F)(F)F)c1.